The van der Waals surface area contributed by atoms with Crippen LogP contribution in [-0.2, 0) is 0 Å². The highest BCUT2D eigenvalue weighted by Gasteiger charge is 2.18. The molecule has 1 heterocycles. The Morgan fingerprint density at radius 2 is 2.21 bits per heavy atom. The van der Waals surface area contributed by atoms with Crippen LogP contribution in [0.15, 0.2) is 18.3 Å². The molecule has 1 aromatic heterocycles. The van der Waals surface area contributed by atoms with E-state index in [4.69, 9.17) is 16.3 Å². The van der Waals surface area contributed by atoms with Crippen molar-refractivity contribution in [3.63, 3.8) is 0 Å². The lowest BCUT2D eigenvalue weighted by Gasteiger charge is -2.25. The first-order chi connectivity index (χ1) is 9.09. The molecular formula is C15H25ClN2O. The van der Waals surface area contributed by atoms with E-state index in [9.17, 15) is 0 Å². The van der Waals surface area contributed by atoms with Crippen LogP contribution in [-0.4, -0.2) is 24.0 Å². The van der Waals surface area contributed by atoms with Crippen LogP contribution in [0.25, 0.3) is 0 Å². The normalized spacial score (nSPS) is 11.4. The Hall–Kier alpha value is -0.960. The third-order valence-electron chi connectivity index (χ3n) is 2.95. The van der Waals surface area contributed by atoms with Gasteiger partial charge in [0.1, 0.15) is 0 Å². The number of pyridine rings is 1. The summed E-state index contributed by atoms with van der Waals surface area (Å²) in [5.74, 6) is 2.38. The summed E-state index contributed by atoms with van der Waals surface area (Å²) in [5.41, 5.74) is 0.203. The monoisotopic (exact) mass is 284 g/mol. The zero-order valence-corrected chi connectivity index (χ0v) is 13.0. The molecule has 0 bridgehead atoms. The zero-order valence-electron chi connectivity index (χ0n) is 12.2. The van der Waals surface area contributed by atoms with Gasteiger partial charge < -0.3 is 10.1 Å². The summed E-state index contributed by atoms with van der Waals surface area (Å²) in [7, 11) is 0. The largest absolute Gasteiger partial charge is 0.490 e. The minimum Gasteiger partial charge on any atom is -0.490 e. The molecule has 0 unspecified atom stereocenters. The lowest BCUT2D eigenvalue weighted by Crippen LogP contribution is -2.23. The fourth-order valence-electron chi connectivity index (χ4n) is 1.81. The van der Waals surface area contributed by atoms with E-state index in [1.165, 1.54) is 0 Å². The Kier molecular flexibility index (Phi) is 7.00. The zero-order chi connectivity index (χ0) is 14.1. The molecule has 3 nitrogen and oxygen atoms in total. The summed E-state index contributed by atoms with van der Waals surface area (Å²) >= 11 is 5.75. The van der Waals surface area contributed by atoms with Gasteiger partial charge in [0.2, 0.25) is 0 Å². The van der Waals surface area contributed by atoms with Crippen LogP contribution >= 0.6 is 11.6 Å². The van der Waals surface area contributed by atoms with Crippen LogP contribution in [0.3, 0.4) is 0 Å². The molecule has 4 heteroatoms. The van der Waals surface area contributed by atoms with Gasteiger partial charge in [0.15, 0.2) is 11.6 Å². The number of rotatable bonds is 9. The van der Waals surface area contributed by atoms with Gasteiger partial charge in [-0.15, -0.1) is 11.6 Å². The summed E-state index contributed by atoms with van der Waals surface area (Å²) in [4.78, 5) is 4.35. The van der Waals surface area contributed by atoms with Crippen LogP contribution in [0.4, 0.5) is 5.82 Å². The number of nitrogens with one attached hydrogen (secondary N) is 1. The maximum atomic E-state index is 5.75. The van der Waals surface area contributed by atoms with Gasteiger partial charge in [-0.2, -0.15) is 0 Å². The Labute approximate surface area is 121 Å². The summed E-state index contributed by atoms with van der Waals surface area (Å²) in [6.45, 7) is 8.16. The smallest absolute Gasteiger partial charge is 0.168 e. The van der Waals surface area contributed by atoms with E-state index in [-0.39, 0.29) is 5.41 Å². The van der Waals surface area contributed by atoms with Crippen molar-refractivity contribution in [2.24, 2.45) is 5.41 Å². The summed E-state index contributed by atoms with van der Waals surface area (Å²) in [6, 6.07) is 3.85. The minimum atomic E-state index is 0.203. The molecule has 0 spiro atoms. The molecule has 1 rings (SSSR count). The van der Waals surface area contributed by atoms with Crippen LogP contribution in [0.2, 0.25) is 0 Å². The average molecular weight is 285 g/mol. The Balaban J connectivity index is 2.56. The van der Waals surface area contributed by atoms with Gasteiger partial charge in [0.05, 0.1) is 6.61 Å². The number of ether oxygens (including phenoxy) is 1. The first-order valence-corrected chi connectivity index (χ1v) is 7.50. The maximum Gasteiger partial charge on any atom is 0.168 e. The predicted molar refractivity (Wildman–Crippen MR) is 82.2 cm³/mol. The van der Waals surface area contributed by atoms with Crippen molar-refractivity contribution in [3.05, 3.63) is 18.3 Å². The standard InChI is InChI=1S/C15H25ClN2O/c1-4-11-19-13-7-5-10-17-14(13)18-12-15(2,3)8-6-9-16/h5,7,10H,4,6,8-9,11-12H2,1-3H3,(H,17,18). The summed E-state index contributed by atoms with van der Waals surface area (Å²) in [6.07, 6.45) is 4.92. The molecular weight excluding hydrogens is 260 g/mol. The average Bonchev–Trinajstić information content (AvgIpc) is 2.41. The Bertz CT molecular complexity index is 369. The molecule has 0 saturated heterocycles. The van der Waals surface area contributed by atoms with E-state index in [1.54, 1.807) is 6.20 Å². The minimum absolute atomic E-state index is 0.203. The van der Waals surface area contributed by atoms with E-state index in [2.05, 4.69) is 31.1 Å². The number of alkyl halides is 1. The topological polar surface area (TPSA) is 34.1 Å². The molecule has 0 fully saturated rings. The first kappa shape index (κ1) is 16.1. The third kappa shape index (κ3) is 6.15. The maximum absolute atomic E-state index is 5.75. The molecule has 0 aliphatic heterocycles. The number of nitrogens with zero attached hydrogens (tertiary/aromatic N) is 1. The number of aromatic nitrogens is 1. The molecule has 0 saturated carbocycles. The third-order valence-corrected chi connectivity index (χ3v) is 3.22. The predicted octanol–water partition coefficient (Wildman–Crippen LogP) is 4.33. The molecule has 0 aliphatic carbocycles. The quantitative estimate of drug-likeness (QED) is 0.686. The second-order valence-corrected chi connectivity index (χ2v) is 5.89. The molecule has 1 aromatic rings. The van der Waals surface area contributed by atoms with E-state index < -0.39 is 0 Å². The second kappa shape index (κ2) is 8.26. The molecule has 0 amide bonds. The van der Waals surface area contributed by atoms with Crippen molar-refractivity contribution in [3.8, 4) is 5.75 Å². The van der Waals surface area contributed by atoms with E-state index in [0.717, 1.165) is 49.9 Å². The number of hydrogen-bond acceptors (Lipinski definition) is 3. The van der Waals surface area contributed by atoms with Gasteiger partial charge in [-0.1, -0.05) is 20.8 Å². The SMILES string of the molecule is CCCOc1cccnc1NCC(C)(C)CCCCl. The van der Waals surface area contributed by atoms with E-state index in [1.807, 2.05) is 12.1 Å². The molecule has 19 heavy (non-hydrogen) atoms. The van der Waals surface area contributed by atoms with Crippen LogP contribution < -0.4 is 10.1 Å². The van der Waals surface area contributed by atoms with Crippen molar-refractivity contribution in [1.82, 2.24) is 4.98 Å². The van der Waals surface area contributed by atoms with Crippen LogP contribution in [0.1, 0.15) is 40.0 Å². The second-order valence-electron chi connectivity index (χ2n) is 5.51. The Morgan fingerprint density at radius 3 is 2.89 bits per heavy atom. The van der Waals surface area contributed by atoms with E-state index in [0.29, 0.717) is 0 Å². The molecule has 0 atom stereocenters. The van der Waals surface area contributed by atoms with E-state index >= 15 is 0 Å². The van der Waals surface area contributed by atoms with Crippen molar-refractivity contribution < 1.29 is 4.74 Å². The number of anilines is 1. The molecule has 108 valence electrons. The molecule has 1 N–H and O–H groups in total. The van der Waals surface area contributed by atoms with Crippen molar-refractivity contribution in [2.45, 2.75) is 40.0 Å². The molecule has 0 aliphatic rings. The summed E-state index contributed by atoms with van der Waals surface area (Å²) in [5, 5.41) is 3.39. The van der Waals surface area contributed by atoms with Gasteiger partial charge in [0, 0.05) is 18.6 Å². The lowest BCUT2D eigenvalue weighted by molar-refractivity contribution is 0.316. The molecule has 0 radical (unpaired) electrons. The number of halogens is 1. The summed E-state index contributed by atoms with van der Waals surface area (Å²) < 4.78 is 5.69. The van der Waals surface area contributed by atoms with Crippen LogP contribution in [0, 0.1) is 5.41 Å². The number of hydrogen-bond donors (Lipinski definition) is 1. The van der Waals surface area contributed by atoms with Crippen molar-refractivity contribution in [1.29, 1.82) is 0 Å². The fourth-order valence-corrected chi connectivity index (χ4v) is 1.94. The van der Waals surface area contributed by atoms with Crippen molar-refractivity contribution in [2.75, 3.05) is 24.3 Å². The van der Waals surface area contributed by atoms with Gasteiger partial charge >= 0.3 is 0 Å². The first-order valence-electron chi connectivity index (χ1n) is 6.96. The molecule has 0 aromatic carbocycles. The fraction of sp³-hybridized carbons (Fsp3) is 0.667. The Morgan fingerprint density at radius 1 is 1.42 bits per heavy atom. The highest BCUT2D eigenvalue weighted by molar-refractivity contribution is 6.17. The highest BCUT2D eigenvalue weighted by atomic mass is 35.5. The highest BCUT2D eigenvalue weighted by Crippen LogP contribution is 2.26. The van der Waals surface area contributed by atoms with Gasteiger partial charge in [0.25, 0.3) is 0 Å². The van der Waals surface area contributed by atoms with Gasteiger partial charge in [-0.3, -0.25) is 0 Å². The van der Waals surface area contributed by atoms with Crippen LogP contribution in [0.5, 0.6) is 5.75 Å². The van der Waals surface area contributed by atoms with Gasteiger partial charge in [-0.05, 0) is 36.8 Å². The lowest BCUT2D eigenvalue weighted by atomic mass is 9.88. The van der Waals surface area contributed by atoms with Crippen molar-refractivity contribution >= 4 is 17.4 Å². The van der Waals surface area contributed by atoms with Gasteiger partial charge in [-0.25, -0.2) is 4.98 Å².